The number of hydrogen-bond donors (Lipinski definition) is 1. The molecule has 1 fully saturated rings. The van der Waals surface area contributed by atoms with Gasteiger partial charge >= 0.3 is 0 Å². The third kappa shape index (κ3) is 3.63. The number of halogens is 2. The van der Waals surface area contributed by atoms with Crippen molar-refractivity contribution in [2.75, 3.05) is 36.9 Å². The van der Waals surface area contributed by atoms with Gasteiger partial charge in [-0.3, -0.25) is 4.57 Å². The van der Waals surface area contributed by atoms with Gasteiger partial charge in [0.25, 0.3) is 6.43 Å². The Morgan fingerprint density at radius 1 is 1.00 bits per heavy atom. The molecule has 0 atom stereocenters. The Hall–Kier alpha value is -3.73. The molecule has 5 rings (SSSR count). The van der Waals surface area contributed by atoms with Crippen molar-refractivity contribution in [2.24, 2.45) is 0 Å². The van der Waals surface area contributed by atoms with Gasteiger partial charge in [0.05, 0.1) is 29.9 Å². The zero-order chi connectivity index (χ0) is 21.4. The van der Waals surface area contributed by atoms with E-state index in [1.165, 1.54) is 17.0 Å². The average Bonchev–Trinajstić information content (AvgIpc) is 3.20. The number of benzene rings is 1. The van der Waals surface area contributed by atoms with Crippen LogP contribution in [0.15, 0.2) is 42.7 Å². The van der Waals surface area contributed by atoms with E-state index in [2.05, 4.69) is 24.9 Å². The quantitative estimate of drug-likeness (QED) is 0.533. The molecular weight excluding hydrogens is 406 g/mol. The van der Waals surface area contributed by atoms with E-state index in [0.29, 0.717) is 54.4 Å². The zero-order valence-electron chi connectivity index (χ0n) is 16.3. The fourth-order valence-electron chi connectivity index (χ4n) is 3.50. The van der Waals surface area contributed by atoms with Gasteiger partial charge in [-0.05, 0) is 12.1 Å². The van der Waals surface area contributed by atoms with Crippen LogP contribution in [0.4, 0.5) is 20.5 Å². The Labute approximate surface area is 175 Å². The molecule has 11 heteroatoms. The summed E-state index contributed by atoms with van der Waals surface area (Å²) in [7, 11) is 0. The Morgan fingerprint density at radius 2 is 1.74 bits per heavy atom. The smallest absolute Gasteiger partial charge is 0.296 e. The van der Waals surface area contributed by atoms with E-state index >= 15 is 0 Å². The predicted molar refractivity (Wildman–Crippen MR) is 110 cm³/mol. The molecule has 0 saturated carbocycles. The molecule has 4 aromatic rings. The summed E-state index contributed by atoms with van der Waals surface area (Å²) in [6, 6.07) is 8.68. The maximum Gasteiger partial charge on any atom is 0.296 e. The number of aromatic nitrogens is 6. The van der Waals surface area contributed by atoms with Crippen LogP contribution in [-0.2, 0) is 4.74 Å². The number of fused-ring (bicyclic) bond motifs is 1. The molecule has 0 aliphatic carbocycles. The number of alkyl halides is 2. The minimum atomic E-state index is -2.80. The van der Waals surface area contributed by atoms with Crippen molar-refractivity contribution in [1.82, 2.24) is 29.5 Å². The van der Waals surface area contributed by atoms with E-state index in [9.17, 15) is 8.78 Å². The van der Waals surface area contributed by atoms with Crippen LogP contribution in [0.3, 0.4) is 0 Å². The minimum absolute atomic E-state index is 0.0971. The van der Waals surface area contributed by atoms with Crippen molar-refractivity contribution in [3.63, 3.8) is 0 Å². The van der Waals surface area contributed by atoms with Crippen molar-refractivity contribution in [3.8, 4) is 17.2 Å². The Balaban J connectivity index is 1.73. The maximum absolute atomic E-state index is 13.9. The van der Waals surface area contributed by atoms with Gasteiger partial charge in [0, 0.05) is 37.1 Å². The van der Waals surface area contributed by atoms with Crippen LogP contribution < -0.4 is 10.6 Å². The molecule has 1 saturated heterocycles. The summed E-state index contributed by atoms with van der Waals surface area (Å²) in [5, 5.41) is 0. The van der Waals surface area contributed by atoms with Crippen LogP contribution in [0.2, 0.25) is 0 Å². The van der Waals surface area contributed by atoms with E-state index in [4.69, 9.17) is 10.5 Å². The molecule has 2 N–H and O–H groups in total. The third-order valence-corrected chi connectivity index (χ3v) is 4.99. The number of hydrogen-bond acceptors (Lipinski definition) is 8. The highest BCUT2D eigenvalue weighted by molar-refractivity contribution is 5.78. The Bertz CT molecular complexity index is 1220. The molecule has 0 radical (unpaired) electrons. The topological polar surface area (TPSA) is 108 Å². The first-order valence-electron chi connectivity index (χ1n) is 9.66. The van der Waals surface area contributed by atoms with Gasteiger partial charge in [0.15, 0.2) is 5.82 Å². The summed E-state index contributed by atoms with van der Waals surface area (Å²) < 4.78 is 34.5. The molecule has 0 spiro atoms. The number of ether oxygens (including phenoxy) is 1. The number of rotatable bonds is 4. The van der Waals surface area contributed by atoms with E-state index in [1.54, 1.807) is 30.3 Å². The second kappa shape index (κ2) is 7.84. The number of nitrogen functional groups attached to an aromatic ring is 1. The molecule has 4 heterocycles. The zero-order valence-corrected chi connectivity index (χ0v) is 16.3. The first-order valence-corrected chi connectivity index (χ1v) is 9.66. The van der Waals surface area contributed by atoms with Crippen molar-refractivity contribution < 1.29 is 13.5 Å². The monoisotopic (exact) mass is 424 g/mol. The summed E-state index contributed by atoms with van der Waals surface area (Å²) >= 11 is 0. The molecule has 0 unspecified atom stereocenters. The van der Waals surface area contributed by atoms with Crippen molar-refractivity contribution in [2.45, 2.75) is 6.43 Å². The number of para-hydroxylation sites is 2. The lowest BCUT2D eigenvalue weighted by atomic mass is 10.2. The fraction of sp³-hybridized carbons (Fsp3) is 0.250. The molecule has 158 valence electrons. The van der Waals surface area contributed by atoms with Crippen LogP contribution >= 0.6 is 0 Å². The molecule has 3 aromatic heterocycles. The van der Waals surface area contributed by atoms with E-state index in [-0.39, 0.29) is 11.9 Å². The van der Waals surface area contributed by atoms with E-state index in [0.717, 1.165) is 0 Å². The van der Waals surface area contributed by atoms with E-state index in [1.807, 2.05) is 4.90 Å². The van der Waals surface area contributed by atoms with Gasteiger partial charge < -0.3 is 15.4 Å². The second-order valence-electron chi connectivity index (χ2n) is 6.94. The molecule has 1 aromatic carbocycles. The molecule has 0 amide bonds. The SMILES string of the molecule is Nc1ncc(-c2cc(N3CCOCC3)nc(-n3c(C(F)F)nc4ccccc43)n2)cn1. The lowest BCUT2D eigenvalue weighted by Crippen LogP contribution is -2.37. The Kier molecular flexibility index (Phi) is 4.86. The molecule has 1 aliphatic heterocycles. The summed E-state index contributed by atoms with van der Waals surface area (Å²) in [5.41, 5.74) is 7.62. The lowest BCUT2D eigenvalue weighted by Gasteiger charge is -2.28. The lowest BCUT2D eigenvalue weighted by molar-refractivity contribution is 0.122. The fourth-order valence-corrected chi connectivity index (χ4v) is 3.50. The largest absolute Gasteiger partial charge is 0.378 e. The van der Waals surface area contributed by atoms with Crippen molar-refractivity contribution >= 4 is 22.8 Å². The number of anilines is 2. The minimum Gasteiger partial charge on any atom is -0.378 e. The molecule has 0 bridgehead atoms. The van der Waals surface area contributed by atoms with Gasteiger partial charge in [0.2, 0.25) is 11.9 Å². The number of nitrogens with zero attached hydrogens (tertiary/aromatic N) is 7. The van der Waals surface area contributed by atoms with Gasteiger partial charge in [-0.1, -0.05) is 12.1 Å². The summed E-state index contributed by atoms with van der Waals surface area (Å²) in [6.45, 7) is 2.35. The van der Waals surface area contributed by atoms with Gasteiger partial charge in [-0.25, -0.2) is 28.7 Å². The third-order valence-electron chi connectivity index (χ3n) is 4.99. The molecular formula is C20H18F2N8O. The highest BCUT2D eigenvalue weighted by Crippen LogP contribution is 2.29. The van der Waals surface area contributed by atoms with Gasteiger partial charge in [-0.2, -0.15) is 4.98 Å². The van der Waals surface area contributed by atoms with Gasteiger partial charge in [-0.15, -0.1) is 0 Å². The number of imidazole rings is 1. The van der Waals surface area contributed by atoms with E-state index < -0.39 is 12.2 Å². The highest BCUT2D eigenvalue weighted by Gasteiger charge is 2.24. The maximum atomic E-state index is 13.9. The molecule has 9 nitrogen and oxygen atoms in total. The van der Waals surface area contributed by atoms with Gasteiger partial charge in [0.1, 0.15) is 5.82 Å². The molecule has 31 heavy (non-hydrogen) atoms. The number of morpholine rings is 1. The number of nitrogens with two attached hydrogens (primary N) is 1. The van der Waals surface area contributed by atoms with Crippen LogP contribution in [0.25, 0.3) is 28.2 Å². The molecule has 1 aliphatic rings. The van der Waals surface area contributed by atoms with Crippen molar-refractivity contribution in [1.29, 1.82) is 0 Å². The first kappa shape index (κ1) is 19.2. The standard InChI is InChI=1S/C20H18F2N8O/c21-17(22)18-26-13-3-1-2-4-15(13)30(18)20-27-14(12-10-24-19(23)25-11-12)9-16(28-20)29-5-7-31-8-6-29/h1-4,9-11,17H,5-8H2,(H2,23,24,25). The normalized spacial score (nSPS) is 14.5. The predicted octanol–water partition coefficient (Wildman–Crippen LogP) is 2.63. The van der Waals surface area contributed by atoms with Crippen LogP contribution in [0.1, 0.15) is 12.2 Å². The second-order valence-corrected chi connectivity index (χ2v) is 6.94. The van der Waals surface area contributed by atoms with Crippen LogP contribution in [0, 0.1) is 0 Å². The Morgan fingerprint density at radius 3 is 2.48 bits per heavy atom. The average molecular weight is 424 g/mol. The summed E-state index contributed by atoms with van der Waals surface area (Å²) in [5.74, 6) is 0.407. The van der Waals surface area contributed by atoms with Crippen LogP contribution in [-0.4, -0.2) is 55.8 Å². The van der Waals surface area contributed by atoms with Crippen molar-refractivity contribution in [3.05, 3.63) is 48.5 Å². The summed E-state index contributed by atoms with van der Waals surface area (Å²) in [6.07, 6.45) is 0.279. The first-order chi connectivity index (χ1) is 15.1. The summed E-state index contributed by atoms with van der Waals surface area (Å²) in [4.78, 5) is 23.3. The highest BCUT2D eigenvalue weighted by atomic mass is 19.3. The van der Waals surface area contributed by atoms with Crippen LogP contribution in [0.5, 0.6) is 0 Å².